The molecule has 0 aliphatic heterocycles. The topological polar surface area (TPSA) is 91.7 Å². The van der Waals surface area contributed by atoms with Crippen molar-refractivity contribution < 1.29 is 24.6 Å². The Kier molecular flexibility index (Phi) is 6.25. The number of carboxylic acids is 2. The minimum absolute atomic E-state index is 0.000784. The molecule has 0 saturated heterocycles. The molecule has 5 nitrogen and oxygen atoms in total. The van der Waals surface area contributed by atoms with Gasteiger partial charge >= 0.3 is 11.9 Å². The minimum atomic E-state index is -0.986. The van der Waals surface area contributed by atoms with Gasteiger partial charge in [-0.3, -0.25) is 4.79 Å². The Morgan fingerprint density at radius 2 is 1.13 bits per heavy atom. The van der Waals surface area contributed by atoms with E-state index in [1.807, 2.05) is 12.2 Å². The number of allylic oxidation sites excluding steroid dienone is 2. The molecule has 1 aliphatic carbocycles. The minimum Gasteiger partial charge on any atom is -0.478 e. The number of benzene rings is 2. The van der Waals surface area contributed by atoms with Crippen LogP contribution in [0.3, 0.4) is 0 Å². The molecule has 2 aromatic carbocycles. The number of rotatable bonds is 4. The zero-order valence-corrected chi connectivity index (χ0v) is 17.9. The van der Waals surface area contributed by atoms with Gasteiger partial charge in [0.1, 0.15) is 0 Å². The van der Waals surface area contributed by atoms with E-state index in [1.54, 1.807) is 24.3 Å². The summed E-state index contributed by atoms with van der Waals surface area (Å²) in [6.45, 7) is 6.48. The van der Waals surface area contributed by atoms with E-state index < -0.39 is 11.9 Å². The van der Waals surface area contributed by atoms with Crippen molar-refractivity contribution in [1.29, 1.82) is 0 Å². The highest BCUT2D eigenvalue weighted by molar-refractivity contribution is 6.14. The van der Waals surface area contributed by atoms with Crippen LogP contribution in [0.2, 0.25) is 0 Å². The molecule has 0 atom stereocenters. The number of ketones is 1. The lowest BCUT2D eigenvalue weighted by molar-refractivity contribution is -0.113. The molecule has 2 N–H and O–H groups in total. The number of carbonyl (C=O) groups is 3. The van der Waals surface area contributed by atoms with Crippen LogP contribution in [0.15, 0.2) is 59.7 Å². The maximum absolute atomic E-state index is 13.2. The van der Waals surface area contributed by atoms with Gasteiger partial charge < -0.3 is 10.2 Å². The number of hydrogen-bond donors (Lipinski definition) is 2. The predicted octanol–water partition coefficient (Wildman–Crippen LogP) is 5.58. The first-order valence-electron chi connectivity index (χ1n) is 10.2. The summed E-state index contributed by atoms with van der Waals surface area (Å²) in [5, 5.41) is 18.2. The summed E-state index contributed by atoms with van der Waals surface area (Å²) in [6.07, 6.45) is 4.98. The van der Waals surface area contributed by atoms with Gasteiger partial charge in [-0.05, 0) is 71.7 Å². The van der Waals surface area contributed by atoms with Crippen LogP contribution in [0.1, 0.15) is 65.5 Å². The normalized spacial score (nSPS) is 19.6. The molecule has 0 amide bonds. The number of carbonyl (C=O) groups excluding carboxylic acids is 1. The van der Waals surface area contributed by atoms with Crippen molar-refractivity contribution in [1.82, 2.24) is 0 Å². The lowest BCUT2D eigenvalue weighted by Gasteiger charge is -2.35. The van der Waals surface area contributed by atoms with Gasteiger partial charge in [-0.15, -0.1) is 0 Å². The first-order chi connectivity index (χ1) is 14.5. The summed E-state index contributed by atoms with van der Waals surface area (Å²) < 4.78 is 0. The maximum Gasteiger partial charge on any atom is 0.335 e. The monoisotopic (exact) mass is 418 g/mol. The summed E-state index contributed by atoms with van der Waals surface area (Å²) in [7, 11) is 0. The Labute approximate surface area is 181 Å². The molecule has 0 aromatic heterocycles. The molecule has 31 heavy (non-hydrogen) atoms. The van der Waals surface area contributed by atoms with E-state index in [0.29, 0.717) is 24.0 Å². The van der Waals surface area contributed by atoms with Gasteiger partial charge in [-0.2, -0.15) is 0 Å². The quantitative estimate of drug-likeness (QED) is 0.633. The lowest BCUT2D eigenvalue weighted by atomic mass is 9.68. The largest absolute Gasteiger partial charge is 0.478 e. The summed E-state index contributed by atoms with van der Waals surface area (Å²) in [6, 6.07) is 13.0. The first-order valence-corrected chi connectivity index (χ1v) is 10.2. The Morgan fingerprint density at radius 3 is 1.42 bits per heavy atom. The molecule has 0 unspecified atom stereocenters. The van der Waals surface area contributed by atoms with E-state index in [0.717, 1.165) is 11.1 Å². The van der Waals surface area contributed by atoms with Gasteiger partial charge in [-0.1, -0.05) is 45.0 Å². The second-order valence-electron chi connectivity index (χ2n) is 8.99. The Morgan fingerprint density at radius 1 is 0.774 bits per heavy atom. The second-order valence-corrected chi connectivity index (χ2v) is 8.99. The van der Waals surface area contributed by atoms with Crippen LogP contribution in [0.4, 0.5) is 0 Å². The van der Waals surface area contributed by atoms with Crippen LogP contribution in [0.5, 0.6) is 0 Å². The Hall–Kier alpha value is -3.47. The van der Waals surface area contributed by atoms with E-state index in [2.05, 4.69) is 20.8 Å². The van der Waals surface area contributed by atoms with Gasteiger partial charge in [0.05, 0.1) is 11.1 Å². The third-order valence-corrected chi connectivity index (χ3v) is 5.74. The first kappa shape index (κ1) is 22.2. The number of Topliss-reactive ketones (excluding diaryl/α,β-unsaturated/α-hetero) is 1. The summed E-state index contributed by atoms with van der Waals surface area (Å²) in [4.78, 5) is 35.4. The molecule has 2 aromatic rings. The van der Waals surface area contributed by atoms with Crippen LogP contribution in [0.25, 0.3) is 12.2 Å². The molecule has 0 heterocycles. The van der Waals surface area contributed by atoms with E-state index in [-0.39, 0.29) is 28.2 Å². The molecule has 0 bridgehead atoms. The highest BCUT2D eigenvalue weighted by Gasteiger charge is 2.34. The average molecular weight is 418 g/mol. The fourth-order valence-corrected chi connectivity index (χ4v) is 3.70. The van der Waals surface area contributed by atoms with Crippen LogP contribution < -0.4 is 0 Å². The Balaban J connectivity index is 1.97. The van der Waals surface area contributed by atoms with E-state index in [1.165, 1.54) is 24.3 Å². The molecule has 1 saturated carbocycles. The van der Waals surface area contributed by atoms with Crippen molar-refractivity contribution >= 4 is 29.9 Å². The van der Waals surface area contributed by atoms with E-state index >= 15 is 0 Å². The van der Waals surface area contributed by atoms with Gasteiger partial charge in [0.15, 0.2) is 5.78 Å². The second kappa shape index (κ2) is 8.72. The summed E-state index contributed by atoms with van der Waals surface area (Å²) in [5.74, 6) is -1.73. The van der Waals surface area contributed by atoms with E-state index in [9.17, 15) is 14.4 Å². The van der Waals surface area contributed by atoms with Crippen molar-refractivity contribution in [2.24, 2.45) is 11.3 Å². The van der Waals surface area contributed by atoms with Gasteiger partial charge in [0.25, 0.3) is 0 Å². The molecule has 0 spiro atoms. The van der Waals surface area contributed by atoms with Crippen molar-refractivity contribution in [2.75, 3.05) is 0 Å². The molecule has 3 rings (SSSR count). The molecule has 1 fully saturated rings. The smallest absolute Gasteiger partial charge is 0.335 e. The van der Waals surface area contributed by atoms with Crippen LogP contribution in [-0.2, 0) is 4.79 Å². The lowest BCUT2D eigenvalue weighted by Crippen LogP contribution is -2.29. The number of carboxylic acid groups (broad SMARTS) is 2. The fraction of sp³-hybridized carbons (Fsp3) is 0.269. The van der Waals surface area contributed by atoms with Gasteiger partial charge in [0.2, 0.25) is 0 Å². The van der Waals surface area contributed by atoms with Crippen LogP contribution >= 0.6 is 0 Å². The molecular weight excluding hydrogens is 392 g/mol. The maximum atomic E-state index is 13.2. The molecule has 5 heteroatoms. The molecule has 0 radical (unpaired) electrons. The van der Waals surface area contributed by atoms with Gasteiger partial charge in [-0.25, -0.2) is 9.59 Å². The zero-order valence-electron chi connectivity index (χ0n) is 17.9. The molecule has 160 valence electrons. The Bertz CT molecular complexity index is 985. The van der Waals surface area contributed by atoms with Crippen molar-refractivity contribution in [3.05, 3.63) is 81.9 Å². The SMILES string of the molecule is CC(C)(C)C1CC(=Cc2ccc(C(=O)O)cc2)C(=O)C(=Cc2ccc(C(=O)O)cc2)C1. The number of hydrogen-bond acceptors (Lipinski definition) is 3. The predicted molar refractivity (Wildman–Crippen MR) is 120 cm³/mol. The fourth-order valence-electron chi connectivity index (χ4n) is 3.70. The molecular formula is C26H26O5. The standard InChI is InChI=1S/C26H26O5/c1-26(2,3)22-14-20(12-16-4-8-18(9-5-16)24(28)29)23(27)21(15-22)13-17-6-10-19(11-7-17)25(30)31/h4-13,22H,14-15H2,1-3H3,(H,28,29)(H,30,31). The van der Waals surface area contributed by atoms with Crippen molar-refractivity contribution in [3.63, 3.8) is 0 Å². The van der Waals surface area contributed by atoms with Crippen molar-refractivity contribution in [2.45, 2.75) is 33.6 Å². The average Bonchev–Trinajstić information content (AvgIpc) is 2.71. The third-order valence-electron chi connectivity index (χ3n) is 5.74. The van der Waals surface area contributed by atoms with E-state index in [4.69, 9.17) is 10.2 Å². The number of aromatic carboxylic acids is 2. The zero-order chi connectivity index (χ0) is 22.8. The third kappa shape index (κ3) is 5.37. The summed E-state index contributed by atoms with van der Waals surface area (Å²) in [5.41, 5.74) is 3.37. The highest BCUT2D eigenvalue weighted by atomic mass is 16.4. The van der Waals surface area contributed by atoms with Crippen molar-refractivity contribution in [3.8, 4) is 0 Å². The van der Waals surface area contributed by atoms with Gasteiger partial charge in [0, 0.05) is 11.1 Å². The molecule has 1 aliphatic rings. The van der Waals surface area contributed by atoms with Crippen LogP contribution in [0, 0.1) is 11.3 Å². The summed E-state index contributed by atoms with van der Waals surface area (Å²) >= 11 is 0. The van der Waals surface area contributed by atoms with Crippen LogP contribution in [-0.4, -0.2) is 27.9 Å². The highest BCUT2D eigenvalue weighted by Crippen LogP contribution is 2.42.